The Labute approximate surface area is 216 Å². The van der Waals surface area contributed by atoms with E-state index in [2.05, 4.69) is 65.2 Å². The van der Waals surface area contributed by atoms with E-state index in [0.29, 0.717) is 17.3 Å². The number of aryl methyl sites for hydroxylation is 1. The van der Waals surface area contributed by atoms with Crippen molar-refractivity contribution in [1.82, 2.24) is 20.2 Å². The first-order valence-corrected chi connectivity index (χ1v) is 12.6. The molecule has 1 aliphatic heterocycles. The van der Waals surface area contributed by atoms with E-state index in [-0.39, 0.29) is 11.3 Å². The summed E-state index contributed by atoms with van der Waals surface area (Å²) in [5, 5.41) is 6.22. The second-order valence-electron chi connectivity index (χ2n) is 10.8. The largest absolute Gasteiger partial charge is 0.358 e. The van der Waals surface area contributed by atoms with Crippen molar-refractivity contribution in [3.63, 3.8) is 0 Å². The fraction of sp³-hybridized carbons (Fsp3) is 0.556. The molecule has 1 amide bonds. The van der Waals surface area contributed by atoms with E-state index in [1.165, 1.54) is 0 Å². The maximum atomic E-state index is 12.3. The first kappa shape index (κ1) is 27.4. The summed E-state index contributed by atoms with van der Waals surface area (Å²) >= 11 is 0. The number of likely N-dealkylation sites (N-methyl/N-ethyl adjacent to an activating group) is 1. The molecule has 2 heterocycles. The molecule has 3 rings (SSSR count). The topological polar surface area (TPSA) is 89.0 Å². The van der Waals surface area contributed by atoms with E-state index in [1.807, 2.05) is 31.3 Å². The standard InChI is InChI=1S/C27H42N8O/c1-19-10-11-20(25(36)29-6)16-22(19)30-23-21(17-28-5)24(34(8)18-27(2,3)4)32-26(31-23)35-13-9-12-33(7)14-15-35/h10-11,16-17H,9,12-15,18H2,1-8H3,(H,29,36)(H,30,31,32). The molecule has 36 heavy (non-hydrogen) atoms. The van der Waals surface area contributed by atoms with E-state index in [9.17, 15) is 4.79 Å². The molecule has 0 aliphatic carbocycles. The number of rotatable bonds is 7. The van der Waals surface area contributed by atoms with Gasteiger partial charge in [0.15, 0.2) is 0 Å². The van der Waals surface area contributed by atoms with Gasteiger partial charge in [-0.1, -0.05) is 26.8 Å². The molecule has 2 aromatic rings. The van der Waals surface area contributed by atoms with Crippen molar-refractivity contribution in [2.24, 2.45) is 10.4 Å². The average Bonchev–Trinajstić information content (AvgIpc) is 3.04. The molecular weight excluding hydrogens is 452 g/mol. The van der Waals surface area contributed by atoms with Crippen LogP contribution in [0.1, 0.15) is 48.7 Å². The van der Waals surface area contributed by atoms with Gasteiger partial charge in [-0.05, 0) is 50.0 Å². The SMILES string of the molecule is CN=Cc1c(Nc2cc(C(=O)NC)ccc2C)nc(N2CCCN(C)CC2)nc1N(C)CC(C)(C)C. The number of carbonyl (C=O) groups excluding carboxylic acids is 1. The van der Waals surface area contributed by atoms with Crippen LogP contribution in [0.15, 0.2) is 23.2 Å². The number of carbonyl (C=O) groups is 1. The zero-order valence-corrected chi connectivity index (χ0v) is 23.1. The molecule has 1 saturated heterocycles. The highest BCUT2D eigenvalue weighted by Gasteiger charge is 2.24. The monoisotopic (exact) mass is 494 g/mol. The van der Waals surface area contributed by atoms with Gasteiger partial charge in [0.2, 0.25) is 5.95 Å². The number of hydrogen-bond acceptors (Lipinski definition) is 8. The minimum atomic E-state index is -0.129. The Hall–Kier alpha value is -3.20. The van der Waals surface area contributed by atoms with Crippen LogP contribution in [0.25, 0.3) is 0 Å². The van der Waals surface area contributed by atoms with Gasteiger partial charge in [0.05, 0.1) is 5.56 Å². The predicted octanol–water partition coefficient (Wildman–Crippen LogP) is 3.56. The van der Waals surface area contributed by atoms with E-state index >= 15 is 0 Å². The van der Waals surface area contributed by atoms with Crippen LogP contribution < -0.4 is 20.4 Å². The molecule has 1 aromatic heterocycles. The third-order valence-electron chi connectivity index (χ3n) is 6.23. The number of amides is 1. The minimum absolute atomic E-state index is 0.0812. The van der Waals surface area contributed by atoms with Gasteiger partial charge in [-0.25, -0.2) is 0 Å². The molecule has 9 heteroatoms. The molecule has 1 aliphatic rings. The van der Waals surface area contributed by atoms with Crippen molar-refractivity contribution < 1.29 is 4.79 Å². The van der Waals surface area contributed by atoms with E-state index in [1.54, 1.807) is 14.1 Å². The van der Waals surface area contributed by atoms with Crippen LogP contribution in [0.5, 0.6) is 0 Å². The molecular formula is C27H42N8O. The van der Waals surface area contributed by atoms with Crippen molar-refractivity contribution in [1.29, 1.82) is 0 Å². The van der Waals surface area contributed by atoms with Gasteiger partial charge >= 0.3 is 0 Å². The van der Waals surface area contributed by atoms with E-state index in [4.69, 9.17) is 9.97 Å². The van der Waals surface area contributed by atoms with Crippen LogP contribution >= 0.6 is 0 Å². The van der Waals surface area contributed by atoms with Crippen molar-refractivity contribution in [3.05, 3.63) is 34.9 Å². The lowest BCUT2D eigenvalue weighted by molar-refractivity contribution is 0.0963. The van der Waals surface area contributed by atoms with Crippen LogP contribution in [-0.4, -0.2) is 87.9 Å². The zero-order valence-electron chi connectivity index (χ0n) is 23.1. The van der Waals surface area contributed by atoms with Crippen molar-refractivity contribution in [2.75, 3.05) is 76.0 Å². The minimum Gasteiger partial charge on any atom is -0.358 e. The molecule has 0 unspecified atom stereocenters. The quantitative estimate of drug-likeness (QED) is 0.569. The second kappa shape index (κ2) is 11.7. The summed E-state index contributed by atoms with van der Waals surface area (Å²) in [4.78, 5) is 33.5. The van der Waals surface area contributed by atoms with Gasteiger partial charge < -0.3 is 25.3 Å². The summed E-state index contributed by atoms with van der Waals surface area (Å²) < 4.78 is 0. The van der Waals surface area contributed by atoms with E-state index in [0.717, 1.165) is 61.8 Å². The molecule has 9 nitrogen and oxygen atoms in total. The first-order chi connectivity index (χ1) is 17.0. The van der Waals surface area contributed by atoms with Gasteiger partial charge in [-0.2, -0.15) is 9.97 Å². The Bertz CT molecular complexity index is 1090. The lowest BCUT2D eigenvalue weighted by atomic mass is 9.96. The van der Waals surface area contributed by atoms with Crippen molar-refractivity contribution in [3.8, 4) is 0 Å². The number of aliphatic imine (C=N–C) groups is 1. The smallest absolute Gasteiger partial charge is 0.251 e. The van der Waals surface area contributed by atoms with E-state index < -0.39 is 0 Å². The highest BCUT2D eigenvalue weighted by Crippen LogP contribution is 2.31. The normalized spacial score (nSPS) is 15.2. The molecule has 1 fully saturated rings. The second-order valence-corrected chi connectivity index (χ2v) is 10.8. The van der Waals surface area contributed by atoms with Crippen LogP contribution in [0.4, 0.5) is 23.3 Å². The molecule has 0 saturated carbocycles. The number of hydrogen-bond donors (Lipinski definition) is 2. The summed E-state index contributed by atoms with van der Waals surface area (Å²) in [5.74, 6) is 2.09. The zero-order chi connectivity index (χ0) is 26.5. The first-order valence-electron chi connectivity index (χ1n) is 12.6. The number of aromatic nitrogens is 2. The Morgan fingerprint density at radius 2 is 1.94 bits per heavy atom. The van der Waals surface area contributed by atoms with Gasteiger partial charge in [-0.15, -0.1) is 0 Å². The predicted molar refractivity (Wildman–Crippen MR) is 150 cm³/mol. The van der Waals surface area contributed by atoms with Crippen LogP contribution in [0.2, 0.25) is 0 Å². The molecule has 1 aromatic carbocycles. The van der Waals surface area contributed by atoms with Crippen LogP contribution in [-0.2, 0) is 0 Å². The van der Waals surface area contributed by atoms with Gasteiger partial charge in [-0.3, -0.25) is 9.79 Å². The Kier molecular flexibility index (Phi) is 8.89. The summed E-state index contributed by atoms with van der Waals surface area (Å²) in [7, 11) is 7.62. The molecule has 2 N–H and O–H groups in total. The fourth-order valence-corrected chi connectivity index (χ4v) is 4.42. The van der Waals surface area contributed by atoms with Gasteiger partial charge in [0.25, 0.3) is 5.91 Å². The summed E-state index contributed by atoms with van der Waals surface area (Å²) in [5.41, 5.74) is 3.34. The molecule has 0 atom stereocenters. The number of nitrogens with one attached hydrogen (secondary N) is 2. The number of benzene rings is 1. The maximum absolute atomic E-state index is 12.3. The fourth-order valence-electron chi connectivity index (χ4n) is 4.42. The Morgan fingerprint density at radius 3 is 2.61 bits per heavy atom. The lowest BCUT2D eigenvalue weighted by Gasteiger charge is -2.30. The van der Waals surface area contributed by atoms with Crippen LogP contribution in [0.3, 0.4) is 0 Å². The molecule has 0 radical (unpaired) electrons. The van der Waals surface area contributed by atoms with Crippen molar-refractivity contribution in [2.45, 2.75) is 34.1 Å². The maximum Gasteiger partial charge on any atom is 0.251 e. The lowest BCUT2D eigenvalue weighted by Crippen LogP contribution is -2.33. The summed E-state index contributed by atoms with van der Waals surface area (Å²) in [6, 6.07) is 5.64. The Morgan fingerprint density at radius 1 is 1.19 bits per heavy atom. The van der Waals surface area contributed by atoms with Gasteiger partial charge in [0, 0.05) is 64.8 Å². The average molecular weight is 495 g/mol. The third kappa shape index (κ3) is 6.94. The highest BCUT2D eigenvalue weighted by molar-refractivity contribution is 5.97. The van der Waals surface area contributed by atoms with Crippen molar-refractivity contribution >= 4 is 35.4 Å². The highest BCUT2D eigenvalue weighted by atomic mass is 16.1. The summed E-state index contributed by atoms with van der Waals surface area (Å²) in [6.45, 7) is 13.3. The molecule has 0 spiro atoms. The van der Waals surface area contributed by atoms with Gasteiger partial charge in [0.1, 0.15) is 11.6 Å². The molecule has 196 valence electrons. The number of anilines is 4. The molecule has 0 bridgehead atoms. The number of nitrogens with zero attached hydrogens (tertiary/aromatic N) is 6. The van der Waals surface area contributed by atoms with Crippen LogP contribution in [0, 0.1) is 12.3 Å². The third-order valence-corrected chi connectivity index (χ3v) is 6.23. The Balaban J connectivity index is 2.14. The summed E-state index contributed by atoms with van der Waals surface area (Å²) in [6.07, 6.45) is 2.87.